The summed E-state index contributed by atoms with van der Waals surface area (Å²) in [7, 11) is 0. The highest BCUT2D eigenvalue weighted by molar-refractivity contribution is 5.44. The predicted molar refractivity (Wildman–Crippen MR) is 64.2 cm³/mol. The van der Waals surface area contributed by atoms with Gasteiger partial charge >= 0.3 is 0 Å². The van der Waals surface area contributed by atoms with E-state index in [1.54, 1.807) is 6.07 Å². The first kappa shape index (κ1) is 10.9. The molecule has 3 nitrogen and oxygen atoms in total. The van der Waals surface area contributed by atoms with E-state index >= 15 is 0 Å². The van der Waals surface area contributed by atoms with E-state index in [2.05, 4.69) is 29.8 Å². The maximum Gasteiger partial charge on any atom is 0.142 e. The molecule has 0 N–H and O–H groups in total. The molecule has 1 fully saturated rings. The van der Waals surface area contributed by atoms with Crippen molar-refractivity contribution in [2.75, 3.05) is 11.4 Å². The first-order chi connectivity index (χ1) is 7.70. The Labute approximate surface area is 96.7 Å². The summed E-state index contributed by atoms with van der Waals surface area (Å²) in [6.45, 7) is 5.44. The summed E-state index contributed by atoms with van der Waals surface area (Å²) in [6, 6.07) is 8.41. The molecular formula is C13H17N3. The van der Waals surface area contributed by atoms with Crippen LogP contribution in [-0.2, 0) is 0 Å². The highest BCUT2D eigenvalue weighted by Crippen LogP contribution is 2.31. The van der Waals surface area contributed by atoms with Crippen LogP contribution in [0.5, 0.6) is 0 Å². The average Bonchev–Trinajstić information content (AvgIpc) is 3.09. The molecule has 1 saturated carbocycles. The molecule has 0 bridgehead atoms. The first-order valence-corrected chi connectivity index (χ1v) is 5.84. The van der Waals surface area contributed by atoms with Crippen LogP contribution in [0.15, 0.2) is 18.2 Å². The maximum atomic E-state index is 8.85. The van der Waals surface area contributed by atoms with Crippen LogP contribution in [0, 0.1) is 17.2 Å². The number of pyridine rings is 1. The Morgan fingerprint density at radius 2 is 2.25 bits per heavy atom. The zero-order valence-electron chi connectivity index (χ0n) is 9.85. The van der Waals surface area contributed by atoms with Crippen LogP contribution in [0.3, 0.4) is 0 Å². The Balaban J connectivity index is 2.21. The van der Waals surface area contributed by atoms with Gasteiger partial charge in [0.2, 0.25) is 0 Å². The van der Waals surface area contributed by atoms with Gasteiger partial charge in [0.05, 0.1) is 0 Å². The molecule has 2 rings (SSSR count). The number of hydrogen-bond donors (Lipinski definition) is 0. The Kier molecular flexibility index (Phi) is 3.09. The van der Waals surface area contributed by atoms with Gasteiger partial charge in [0, 0.05) is 12.6 Å². The van der Waals surface area contributed by atoms with Gasteiger partial charge in [-0.15, -0.1) is 0 Å². The van der Waals surface area contributed by atoms with Crippen molar-refractivity contribution in [3.05, 3.63) is 23.9 Å². The lowest BCUT2D eigenvalue weighted by Gasteiger charge is -2.25. The molecule has 0 unspecified atom stereocenters. The Bertz CT molecular complexity index is 402. The van der Waals surface area contributed by atoms with Gasteiger partial charge in [-0.25, -0.2) is 4.98 Å². The normalized spacial score (nSPS) is 14.9. The van der Waals surface area contributed by atoms with Gasteiger partial charge in [0.1, 0.15) is 17.6 Å². The van der Waals surface area contributed by atoms with Crippen LogP contribution in [-0.4, -0.2) is 17.6 Å². The summed E-state index contributed by atoms with van der Waals surface area (Å²) in [4.78, 5) is 6.71. The molecule has 1 aliphatic rings. The molecule has 0 radical (unpaired) electrons. The molecule has 0 spiro atoms. The Morgan fingerprint density at radius 1 is 1.50 bits per heavy atom. The Morgan fingerprint density at radius 3 is 2.81 bits per heavy atom. The predicted octanol–water partition coefficient (Wildman–Crippen LogP) is 2.58. The number of nitriles is 1. The van der Waals surface area contributed by atoms with Crippen molar-refractivity contribution in [1.82, 2.24) is 4.98 Å². The summed E-state index contributed by atoms with van der Waals surface area (Å²) >= 11 is 0. The molecule has 84 valence electrons. The third kappa shape index (κ3) is 2.52. The zero-order valence-corrected chi connectivity index (χ0v) is 9.85. The standard InChI is InChI=1S/C13H17N3/c1-10(2)9-16(12-6-7-12)13-5-3-4-11(8-14)15-13/h3-5,10,12H,6-7,9H2,1-2H3. The molecule has 0 atom stereocenters. The van der Waals surface area contributed by atoms with Crippen LogP contribution in [0.4, 0.5) is 5.82 Å². The van der Waals surface area contributed by atoms with Crippen molar-refractivity contribution < 1.29 is 0 Å². The SMILES string of the molecule is CC(C)CN(c1cccc(C#N)n1)C1CC1. The molecule has 16 heavy (non-hydrogen) atoms. The van der Waals surface area contributed by atoms with Crippen molar-refractivity contribution in [2.45, 2.75) is 32.7 Å². The minimum Gasteiger partial charge on any atom is -0.353 e. The first-order valence-electron chi connectivity index (χ1n) is 5.84. The lowest BCUT2D eigenvalue weighted by molar-refractivity contribution is 0.602. The highest BCUT2D eigenvalue weighted by Gasteiger charge is 2.30. The second kappa shape index (κ2) is 4.52. The number of hydrogen-bond acceptors (Lipinski definition) is 3. The molecule has 1 aromatic heterocycles. The van der Waals surface area contributed by atoms with Crippen molar-refractivity contribution in [1.29, 1.82) is 5.26 Å². The van der Waals surface area contributed by atoms with Gasteiger partial charge in [-0.1, -0.05) is 19.9 Å². The van der Waals surface area contributed by atoms with Gasteiger partial charge in [0.25, 0.3) is 0 Å². The number of rotatable bonds is 4. The molecule has 1 aliphatic carbocycles. The molecule has 0 amide bonds. The fourth-order valence-corrected chi connectivity index (χ4v) is 1.85. The van der Waals surface area contributed by atoms with Crippen LogP contribution in [0.1, 0.15) is 32.4 Å². The van der Waals surface area contributed by atoms with Gasteiger partial charge in [-0.3, -0.25) is 0 Å². The molecule has 0 aliphatic heterocycles. The van der Waals surface area contributed by atoms with Crippen molar-refractivity contribution >= 4 is 5.82 Å². The number of nitrogens with zero attached hydrogens (tertiary/aromatic N) is 3. The lowest BCUT2D eigenvalue weighted by atomic mass is 10.2. The Hall–Kier alpha value is -1.56. The molecule has 0 aromatic carbocycles. The fourth-order valence-electron chi connectivity index (χ4n) is 1.85. The van der Waals surface area contributed by atoms with Crippen molar-refractivity contribution in [2.24, 2.45) is 5.92 Å². The molecule has 3 heteroatoms. The molecular weight excluding hydrogens is 198 g/mol. The topological polar surface area (TPSA) is 39.9 Å². The van der Waals surface area contributed by atoms with Crippen LogP contribution in [0.25, 0.3) is 0 Å². The van der Waals surface area contributed by atoms with Gasteiger partial charge in [-0.05, 0) is 30.9 Å². The summed E-state index contributed by atoms with van der Waals surface area (Å²) < 4.78 is 0. The largest absolute Gasteiger partial charge is 0.353 e. The average molecular weight is 215 g/mol. The minimum atomic E-state index is 0.506. The van der Waals surface area contributed by atoms with Crippen LogP contribution >= 0.6 is 0 Å². The van der Waals surface area contributed by atoms with E-state index in [9.17, 15) is 0 Å². The maximum absolute atomic E-state index is 8.85. The van der Waals surface area contributed by atoms with E-state index < -0.39 is 0 Å². The second-order valence-corrected chi connectivity index (χ2v) is 4.77. The number of anilines is 1. The number of aromatic nitrogens is 1. The summed E-state index contributed by atoms with van der Waals surface area (Å²) in [5.74, 6) is 1.57. The zero-order chi connectivity index (χ0) is 11.5. The van der Waals surface area contributed by atoms with E-state index in [0.717, 1.165) is 12.4 Å². The summed E-state index contributed by atoms with van der Waals surface area (Å²) in [5.41, 5.74) is 0.506. The van der Waals surface area contributed by atoms with Crippen molar-refractivity contribution in [3.63, 3.8) is 0 Å². The minimum absolute atomic E-state index is 0.506. The van der Waals surface area contributed by atoms with Crippen molar-refractivity contribution in [3.8, 4) is 6.07 Å². The molecule has 1 heterocycles. The van der Waals surface area contributed by atoms with Crippen LogP contribution < -0.4 is 4.90 Å². The van der Waals surface area contributed by atoms with E-state index in [1.165, 1.54) is 12.8 Å². The third-order valence-electron chi connectivity index (χ3n) is 2.69. The van der Waals surface area contributed by atoms with E-state index in [1.807, 2.05) is 12.1 Å². The van der Waals surface area contributed by atoms with E-state index in [4.69, 9.17) is 5.26 Å². The van der Waals surface area contributed by atoms with Gasteiger partial charge in [-0.2, -0.15) is 5.26 Å². The molecule has 0 saturated heterocycles. The summed E-state index contributed by atoms with van der Waals surface area (Å²) in [5, 5.41) is 8.85. The monoisotopic (exact) mass is 215 g/mol. The van der Waals surface area contributed by atoms with Gasteiger partial charge in [0.15, 0.2) is 0 Å². The second-order valence-electron chi connectivity index (χ2n) is 4.77. The summed E-state index contributed by atoms with van der Waals surface area (Å²) in [6.07, 6.45) is 2.51. The smallest absolute Gasteiger partial charge is 0.142 e. The third-order valence-corrected chi connectivity index (χ3v) is 2.69. The van der Waals surface area contributed by atoms with E-state index in [0.29, 0.717) is 17.7 Å². The van der Waals surface area contributed by atoms with Gasteiger partial charge < -0.3 is 4.90 Å². The fraction of sp³-hybridized carbons (Fsp3) is 0.538. The quantitative estimate of drug-likeness (QED) is 0.775. The highest BCUT2D eigenvalue weighted by atomic mass is 15.2. The molecule has 1 aromatic rings. The van der Waals surface area contributed by atoms with Crippen LogP contribution in [0.2, 0.25) is 0 Å². The van der Waals surface area contributed by atoms with E-state index in [-0.39, 0.29) is 0 Å². The lowest BCUT2D eigenvalue weighted by Crippen LogP contribution is -2.30.